The lowest BCUT2D eigenvalue weighted by molar-refractivity contribution is 0.555. The van der Waals surface area contributed by atoms with E-state index in [0.29, 0.717) is 28.0 Å². The molecular weight excluding hydrogens is 275 g/mol. The summed E-state index contributed by atoms with van der Waals surface area (Å²) in [6.07, 6.45) is 0. The van der Waals surface area contributed by atoms with Crippen molar-refractivity contribution in [3.8, 4) is 11.1 Å². The summed E-state index contributed by atoms with van der Waals surface area (Å²) in [5.41, 5.74) is 1.74. The van der Waals surface area contributed by atoms with Crippen LogP contribution in [0, 0.1) is 5.82 Å². The molecule has 2 heterocycles. The lowest BCUT2D eigenvalue weighted by Gasteiger charge is -2.17. The van der Waals surface area contributed by atoms with Gasteiger partial charge in [-0.1, -0.05) is 18.2 Å². The van der Waals surface area contributed by atoms with Gasteiger partial charge in [-0.2, -0.15) is 0 Å². The van der Waals surface area contributed by atoms with Crippen molar-refractivity contribution in [1.29, 1.82) is 0 Å². The standard InChI is InChI=1S/C16H9FO2S/c17-9-5-6-10-12(7-9)19-13-8-20-14-4-2-1-3-11(14)15(13)16(10)18/h1-7H,8H2. The van der Waals surface area contributed by atoms with Crippen molar-refractivity contribution < 1.29 is 8.81 Å². The molecule has 0 radical (unpaired) electrons. The first kappa shape index (κ1) is 11.7. The Labute approximate surface area is 118 Å². The molecule has 0 amide bonds. The lowest BCUT2D eigenvalue weighted by atomic mass is 10.0. The van der Waals surface area contributed by atoms with Crippen molar-refractivity contribution in [2.75, 3.05) is 0 Å². The zero-order chi connectivity index (χ0) is 13.7. The van der Waals surface area contributed by atoms with Gasteiger partial charge in [-0.05, 0) is 18.2 Å². The number of hydrogen-bond acceptors (Lipinski definition) is 3. The van der Waals surface area contributed by atoms with Gasteiger partial charge in [0.1, 0.15) is 17.2 Å². The summed E-state index contributed by atoms with van der Waals surface area (Å²) in [6.45, 7) is 0. The monoisotopic (exact) mass is 284 g/mol. The third-order valence-electron chi connectivity index (χ3n) is 3.44. The van der Waals surface area contributed by atoms with Crippen LogP contribution < -0.4 is 5.43 Å². The van der Waals surface area contributed by atoms with Gasteiger partial charge >= 0.3 is 0 Å². The third kappa shape index (κ3) is 1.61. The Kier molecular flexibility index (Phi) is 2.47. The zero-order valence-corrected chi connectivity index (χ0v) is 11.2. The number of hydrogen-bond donors (Lipinski definition) is 0. The Hall–Kier alpha value is -2.07. The molecule has 1 aromatic heterocycles. The minimum absolute atomic E-state index is 0.0889. The molecular formula is C16H9FO2S. The Morgan fingerprint density at radius 2 is 2.00 bits per heavy atom. The summed E-state index contributed by atoms with van der Waals surface area (Å²) in [5, 5.41) is 0.423. The van der Waals surface area contributed by atoms with Gasteiger partial charge in [0.05, 0.1) is 16.7 Å². The van der Waals surface area contributed by atoms with E-state index in [1.807, 2.05) is 24.3 Å². The first-order valence-corrected chi connectivity index (χ1v) is 7.20. The predicted molar refractivity (Wildman–Crippen MR) is 77.4 cm³/mol. The molecule has 4 rings (SSSR count). The van der Waals surface area contributed by atoms with Crippen LogP contribution in [0.15, 0.2) is 56.6 Å². The average molecular weight is 284 g/mol. The molecule has 20 heavy (non-hydrogen) atoms. The highest BCUT2D eigenvalue weighted by molar-refractivity contribution is 7.98. The van der Waals surface area contributed by atoms with Crippen LogP contribution in [0.25, 0.3) is 22.1 Å². The Balaban J connectivity index is 2.13. The van der Waals surface area contributed by atoms with Crippen LogP contribution in [0.2, 0.25) is 0 Å². The molecule has 0 saturated carbocycles. The number of rotatable bonds is 0. The van der Waals surface area contributed by atoms with Gasteiger partial charge in [-0.15, -0.1) is 11.8 Å². The fourth-order valence-corrected chi connectivity index (χ4v) is 3.52. The van der Waals surface area contributed by atoms with Gasteiger partial charge in [0.15, 0.2) is 0 Å². The van der Waals surface area contributed by atoms with Gasteiger partial charge in [-0.25, -0.2) is 4.39 Å². The maximum Gasteiger partial charge on any atom is 0.200 e. The van der Waals surface area contributed by atoms with Crippen molar-refractivity contribution in [1.82, 2.24) is 0 Å². The molecule has 0 fully saturated rings. The third-order valence-corrected chi connectivity index (χ3v) is 4.52. The molecule has 0 aliphatic carbocycles. The van der Waals surface area contributed by atoms with Crippen LogP contribution in [0.4, 0.5) is 4.39 Å². The first-order chi connectivity index (χ1) is 9.74. The molecule has 2 nitrogen and oxygen atoms in total. The summed E-state index contributed by atoms with van der Waals surface area (Å²) in [5.74, 6) is 0.815. The average Bonchev–Trinajstić information content (AvgIpc) is 2.46. The first-order valence-electron chi connectivity index (χ1n) is 6.21. The van der Waals surface area contributed by atoms with Crippen molar-refractivity contribution in [3.63, 3.8) is 0 Å². The van der Waals surface area contributed by atoms with Crippen LogP contribution in [0.1, 0.15) is 5.76 Å². The van der Waals surface area contributed by atoms with Gasteiger partial charge in [-0.3, -0.25) is 4.79 Å². The Bertz CT molecular complexity index is 899. The molecule has 1 aliphatic heterocycles. The van der Waals surface area contributed by atoms with Crippen LogP contribution in [0.5, 0.6) is 0 Å². The quantitative estimate of drug-likeness (QED) is 0.619. The van der Waals surface area contributed by atoms with Gasteiger partial charge < -0.3 is 4.42 Å². The zero-order valence-electron chi connectivity index (χ0n) is 10.4. The van der Waals surface area contributed by atoms with E-state index in [4.69, 9.17) is 4.42 Å². The second-order valence-electron chi connectivity index (χ2n) is 4.65. The normalized spacial score (nSPS) is 13.1. The van der Waals surface area contributed by atoms with Crippen LogP contribution in [-0.2, 0) is 5.75 Å². The van der Waals surface area contributed by atoms with Crippen LogP contribution >= 0.6 is 11.8 Å². The molecule has 0 bridgehead atoms. The van der Waals surface area contributed by atoms with E-state index in [1.165, 1.54) is 18.2 Å². The second-order valence-corrected chi connectivity index (χ2v) is 5.67. The largest absolute Gasteiger partial charge is 0.459 e. The van der Waals surface area contributed by atoms with Crippen LogP contribution in [0.3, 0.4) is 0 Å². The molecule has 0 N–H and O–H groups in total. The minimum atomic E-state index is -0.399. The van der Waals surface area contributed by atoms with Crippen molar-refractivity contribution in [3.05, 3.63) is 64.3 Å². The van der Waals surface area contributed by atoms with E-state index in [-0.39, 0.29) is 5.43 Å². The van der Waals surface area contributed by atoms with Gasteiger partial charge in [0.25, 0.3) is 0 Å². The van der Waals surface area contributed by atoms with Crippen molar-refractivity contribution in [2.24, 2.45) is 0 Å². The minimum Gasteiger partial charge on any atom is -0.459 e. The summed E-state index contributed by atoms with van der Waals surface area (Å²) in [4.78, 5) is 13.7. The van der Waals surface area contributed by atoms with E-state index in [0.717, 1.165) is 10.5 Å². The summed E-state index contributed by atoms with van der Waals surface area (Å²) in [7, 11) is 0. The van der Waals surface area contributed by atoms with Crippen LogP contribution in [-0.4, -0.2) is 0 Å². The SMILES string of the molecule is O=c1c2c(oc3cc(F)ccc13)CSc1ccccc1-2. The fraction of sp³-hybridized carbons (Fsp3) is 0.0625. The lowest BCUT2D eigenvalue weighted by Crippen LogP contribution is -2.11. The van der Waals surface area contributed by atoms with E-state index in [2.05, 4.69) is 0 Å². The molecule has 98 valence electrons. The number of fused-ring (bicyclic) bond motifs is 4. The van der Waals surface area contributed by atoms with E-state index < -0.39 is 5.82 Å². The molecule has 0 spiro atoms. The van der Waals surface area contributed by atoms with Crippen molar-refractivity contribution >= 4 is 22.7 Å². The second kappa shape index (κ2) is 4.21. The molecule has 0 unspecified atom stereocenters. The molecule has 2 aromatic carbocycles. The summed E-state index contributed by atoms with van der Waals surface area (Å²) < 4.78 is 19.0. The fourth-order valence-electron chi connectivity index (χ4n) is 2.53. The topological polar surface area (TPSA) is 30.2 Å². The predicted octanol–water partition coefficient (Wildman–Crippen LogP) is 4.20. The van der Waals surface area contributed by atoms with E-state index in [1.54, 1.807) is 11.8 Å². The maximum absolute atomic E-state index is 13.3. The number of halogens is 1. The Morgan fingerprint density at radius 1 is 1.15 bits per heavy atom. The molecule has 3 aromatic rings. The van der Waals surface area contributed by atoms with Gasteiger partial charge in [0, 0.05) is 16.5 Å². The highest BCUT2D eigenvalue weighted by atomic mass is 32.2. The Morgan fingerprint density at radius 3 is 2.90 bits per heavy atom. The van der Waals surface area contributed by atoms with Gasteiger partial charge in [0.2, 0.25) is 5.43 Å². The summed E-state index contributed by atoms with van der Waals surface area (Å²) in [6, 6.07) is 11.8. The molecule has 0 atom stereocenters. The maximum atomic E-state index is 13.3. The summed E-state index contributed by atoms with van der Waals surface area (Å²) >= 11 is 1.63. The number of thioether (sulfide) groups is 1. The highest BCUT2D eigenvalue weighted by Gasteiger charge is 2.23. The van der Waals surface area contributed by atoms with E-state index >= 15 is 0 Å². The van der Waals surface area contributed by atoms with Crippen molar-refractivity contribution in [2.45, 2.75) is 10.6 Å². The molecule has 1 aliphatic rings. The molecule has 4 heteroatoms. The molecule has 0 saturated heterocycles. The van der Waals surface area contributed by atoms with E-state index in [9.17, 15) is 9.18 Å². The smallest absolute Gasteiger partial charge is 0.200 e. The number of benzene rings is 2. The highest BCUT2D eigenvalue weighted by Crippen LogP contribution is 2.40.